The van der Waals surface area contributed by atoms with Crippen molar-refractivity contribution in [3.63, 3.8) is 0 Å². The topological polar surface area (TPSA) is 443 Å². The lowest BCUT2D eigenvalue weighted by Crippen LogP contribution is -2.61. The number of ketones is 1. The Kier molecular flexibility index (Phi) is 30.0. The van der Waals surface area contributed by atoms with E-state index in [0.29, 0.717) is 32.9 Å². The molecule has 10 atom stereocenters. The van der Waals surface area contributed by atoms with E-state index in [9.17, 15) is 77.3 Å². The molecule has 95 heavy (non-hydrogen) atoms. The van der Waals surface area contributed by atoms with E-state index in [0.717, 1.165) is 21.6 Å². The van der Waals surface area contributed by atoms with Crippen molar-refractivity contribution in [2.75, 3.05) is 18.1 Å². The maximum atomic E-state index is 14.8. The third-order valence-corrected chi connectivity index (χ3v) is 17.8. The van der Waals surface area contributed by atoms with Gasteiger partial charge in [0.1, 0.15) is 66.2 Å². The van der Waals surface area contributed by atoms with E-state index in [4.69, 9.17) is 0 Å². The molecule has 2 aromatic heterocycles. The molecule has 15 N–H and O–H groups in total. The van der Waals surface area contributed by atoms with Crippen molar-refractivity contribution in [2.24, 2.45) is 17.8 Å². The standard InChI is InChI=1S/C64H89N13O16S2/c1-10-41(64(92)93)70-62(90)50-31-95-94-22-21-51(79)68-36(9)55(83)71-48(26-37-28-65-42-17-13-11-15-39(37)42)59(87)74-47(25-35(8)78)58(86)72-45(23-32(2)3)56(84)67-30-52(80)69-44(19-20-53(81)82)57(85)73-46(24-33(4)5)61(89)77-54(34(6)7)63(91)75-49(60(88)76-50)27-38-29-66-43-18-14-12-16-40(38)43/h11-18,28-29,32-34,36,41,44-50,54,65-66H,10,19-27,30-31H2,1-9H3,(H,67,84)(H,68,79)(H,69,80)(H,70,90)(H,71,83)(H,72,86)(H,73,85)(H,74,87)(H,75,91)(H,76,88)(H,77,89)(H,81,82)(H,92,93)/t36-,41-,44-,45-,46-,47-,48-,49-,50-,54?/m0/s1. The summed E-state index contributed by atoms with van der Waals surface area (Å²) in [5, 5.41) is 49.4. The summed E-state index contributed by atoms with van der Waals surface area (Å²) in [6.45, 7) is 13.4. The number of carboxylic acids is 2. The first-order chi connectivity index (χ1) is 44.9. The summed E-state index contributed by atoms with van der Waals surface area (Å²) < 4.78 is 0. The van der Waals surface area contributed by atoms with Gasteiger partial charge in [0.05, 0.1) is 6.54 Å². The number of rotatable bonds is 18. The Labute approximate surface area is 557 Å². The van der Waals surface area contributed by atoms with Crippen LogP contribution in [0, 0.1) is 17.8 Å². The monoisotopic (exact) mass is 1360 g/mol. The lowest BCUT2D eigenvalue weighted by molar-refractivity contribution is -0.142. The summed E-state index contributed by atoms with van der Waals surface area (Å²) in [4.78, 5) is 199. The molecule has 0 aliphatic carbocycles. The normalized spacial score (nSPS) is 23.3. The van der Waals surface area contributed by atoms with Crippen LogP contribution in [0.1, 0.15) is 118 Å². The van der Waals surface area contributed by atoms with E-state index in [1.54, 1.807) is 102 Å². The molecular formula is C64H89N13O16S2. The minimum atomic E-state index is -1.62. The number of hydrogen-bond donors (Lipinski definition) is 15. The molecule has 2 aromatic carbocycles. The van der Waals surface area contributed by atoms with Gasteiger partial charge in [0, 0.05) is 77.8 Å². The van der Waals surface area contributed by atoms with Gasteiger partial charge < -0.3 is 78.7 Å². The van der Waals surface area contributed by atoms with Gasteiger partial charge in [0.25, 0.3) is 0 Å². The molecule has 0 saturated carbocycles. The molecule has 3 heterocycles. The first-order valence-electron chi connectivity index (χ1n) is 31.5. The van der Waals surface area contributed by atoms with Gasteiger partial charge in [-0.05, 0) is 80.5 Å². The summed E-state index contributed by atoms with van der Waals surface area (Å²) in [6, 6.07) is -0.168. The third kappa shape index (κ3) is 24.4. The highest BCUT2D eigenvalue weighted by Crippen LogP contribution is 2.25. The Morgan fingerprint density at radius 2 is 1.06 bits per heavy atom. The molecule has 1 saturated heterocycles. The minimum Gasteiger partial charge on any atom is -0.481 e. The fourth-order valence-electron chi connectivity index (χ4n) is 10.4. The molecule has 1 unspecified atom stereocenters. The van der Waals surface area contributed by atoms with Crippen molar-refractivity contribution >= 4 is 126 Å². The van der Waals surface area contributed by atoms with Crippen molar-refractivity contribution in [2.45, 2.75) is 181 Å². The number of Topliss-reactive ketones (excluding diaryl/α,β-unsaturated/α-hetero) is 1. The lowest BCUT2D eigenvalue weighted by Gasteiger charge is -2.29. The largest absolute Gasteiger partial charge is 0.481 e. The highest BCUT2D eigenvalue weighted by molar-refractivity contribution is 8.76. The van der Waals surface area contributed by atoms with Gasteiger partial charge in [0.15, 0.2) is 0 Å². The Hall–Kier alpha value is -9.00. The Morgan fingerprint density at radius 3 is 1.59 bits per heavy atom. The number of aliphatic carboxylic acids is 2. The second-order valence-electron chi connectivity index (χ2n) is 24.6. The smallest absolute Gasteiger partial charge is 0.326 e. The number of carbonyl (C=O) groups excluding carboxylic acids is 12. The maximum Gasteiger partial charge on any atom is 0.326 e. The van der Waals surface area contributed by atoms with Gasteiger partial charge >= 0.3 is 11.9 Å². The van der Waals surface area contributed by atoms with Gasteiger partial charge in [0.2, 0.25) is 65.0 Å². The summed E-state index contributed by atoms with van der Waals surface area (Å²) in [7, 11) is 2.15. The van der Waals surface area contributed by atoms with E-state index >= 15 is 0 Å². The number of aromatic amines is 2. The van der Waals surface area contributed by atoms with Crippen LogP contribution in [0.3, 0.4) is 0 Å². The second kappa shape index (κ2) is 37.2. The first-order valence-corrected chi connectivity index (χ1v) is 34.0. The van der Waals surface area contributed by atoms with E-state index in [-0.39, 0.29) is 61.9 Å². The van der Waals surface area contributed by atoms with Crippen molar-refractivity contribution in [3.8, 4) is 0 Å². The number of aromatic nitrogens is 2. The molecule has 11 amide bonds. The van der Waals surface area contributed by atoms with Crippen LogP contribution in [0.2, 0.25) is 0 Å². The van der Waals surface area contributed by atoms with Gasteiger partial charge in [-0.3, -0.25) is 62.3 Å². The van der Waals surface area contributed by atoms with Crippen LogP contribution in [-0.4, -0.2) is 181 Å². The Bertz CT molecular complexity index is 3430. The molecular weight excluding hydrogens is 1270 g/mol. The van der Waals surface area contributed by atoms with Crippen LogP contribution in [0.5, 0.6) is 0 Å². The van der Waals surface area contributed by atoms with E-state index < -0.39 is 175 Å². The molecule has 0 spiro atoms. The zero-order valence-electron chi connectivity index (χ0n) is 54.7. The molecule has 1 fully saturated rings. The highest BCUT2D eigenvalue weighted by Gasteiger charge is 2.37. The predicted octanol–water partition coefficient (Wildman–Crippen LogP) is 1.29. The maximum absolute atomic E-state index is 14.8. The highest BCUT2D eigenvalue weighted by atomic mass is 33.1. The zero-order chi connectivity index (χ0) is 70.2. The van der Waals surface area contributed by atoms with Crippen molar-refractivity contribution < 1.29 is 77.3 Å². The number of para-hydroxylation sites is 2. The van der Waals surface area contributed by atoms with Crippen LogP contribution in [0.4, 0.5) is 0 Å². The van der Waals surface area contributed by atoms with Crippen LogP contribution in [-0.2, 0) is 80.0 Å². The van der Waals surface area contributed by atoms with Crippen LogP contribution >= 0.6 is 21.6 Å². The van der Waals surface area contributed by atoms with Crippen LogP contribution in [0.15, 0.2) is 60.9 Å². The van der Waals surface area contributed by atoms with Crippen molar-refractivity contribution in [3.05, 3.63) is 72.1 Å². The number of nitrogens with one attached hydrogen (secondary N) is 13. The van der Waals surface area contributed by atoms with Gasteiger partial charge in [-0.2, -0.15) is 0 Å². The van der Waals surface area contributed by atoms with E-state index in [2.05, 4.69) is 68.5 Å². The number of carboxylic acid groups (broad SMARTS) is 2. The lowest BCUT2D eigenvalue weighted by atomic mass is 9.98. The molecule has 29 nitrogen and oxygen atoms in total. The molecule has 31 heteroatoms. The Balaban J connectivity index is 1.53. The molecule has 4 aromatic rings. The van der Waals surface area contributed by atoms with Crippen molar-refractivity contribution in [1.29, 1.82) is 0 Å². The fourth-order valence-corrected chi connectivity index (χ4v) is 12.5. The summed E-state index contributed by atoms with van der Waals surface area (Å²) in [6.07, 6.45) is 0.927. The Morgan fingerprint density at radius 1 is 0.568 bits per heavy atom. The number of benzene rings is 2. The number of carbonyl (C=O) groups is 14. The van der Waals surface area contributed by atoms with E-state index in [1.165, 1.54) is 20.8 Å². The fraction of sp³-hybridized carbons (Fsp3) is 0.531. The molecule has 0 bridgehead atoms. The van der Waals surface area contributed by atoms with Gasteiger partial charge in [-0.15, -0.1) is 0 Å². The number of amides is 11. The average molecular weight is 1360 g/mol. The summed E-state index contributed by atoms with van der Waals surface area (Å²) in [5.74, 6) is -14.4. The number of fused-ring (bicyclic) bond motifs is 2. The summed E-state index contributed by atoms with van der Waals surface area (Å²) in [5.41, 5.74) is 2.53. The van der Waals surface area contributed by atoms with Crippen molar-refractivity contribution in [1.82, 2.24) is 68.5 Å². The molecule has 0 radical (unpaired) electrons. The number of hydrogen-bond acceptors (Lipinski definition) is 16. The quantitative estimate of drug-likeness (QED) is 0.0624. The summed E-state index contributed by atoms with van der Waals surface area (Å²) >= 11 is 0. The third-order valence-electron chi connectivity index (χ3n) is 15.4. The molecule has 1 aliphatic heterocycles. The second-order valence-corrected chi connectivity index (χ2v) is 27.2. The molecule has 5 rings (SSSR count). The van der Waals surface area contributed by atoms with Crippen LogP contribution < -0.4 is 58.5 Å². The zero-order valence-corrected chi connectivity index (χ0v) is 56.3. The SMILES string of the molecule is CC[C@H](NC(=O)[C@@H]1CSSCCC(=O)N[C@@H](C)C(=O)N[C@@H](Cc2c[nH]c3ccccc23)C(=O)N[C@@H](CC(C)=O)C(=O)N[C@@H](CC(C)C)C(=O)NCC(=O)N[C@@H](CCC(=O)O)C(=O)N[C@@H](CC(C)C)C(=O)NC(C(C)C)C(=O)N[C@@H](Cc2c[nH]c3ccccc23)C(=O)N1)C(=O)O. The first kappa shape index (κ1) is 76.7. The number of H-pyrrole nitrogens is 2. The average Bonchev–Trinajstić information content (AvgIpc) is 1.73. The van der Waals surface area contributed by atoms with Gasteiger partial charge in [-0.25, -0.2) is 4.79 Å². The minimum absolute atomic E-state index is 0.0293. The molecule has 518 valence electrons. The van der Waals surface area contributed by atoms with E-state index in [1.807, 2.05) is 0 Å². The van der Waals surface area contributed by atoms with Crippen LogP contribution in [0.25, 0.3) is 21.8 Å². The predicted molar refractivity (Wildman–Crippen MR) is 355 cm³/mol. The van der Waals surface area contributed by atoms with Gasteiger partial charge in [-0.1, -0.05) is 106 Å². The molecule has 1 aliphatic rings.